The minimum Gasteiger partial charge on any atom is -0.345 e. The Morgan fingerprint density at radius 3 is 2.86 bits per heavy atom. The number of hydrogen-bond acceptors (Lipinski definition) is 3. The number of aromatic nitrogens is 3. The van der Waals surface area contributed by atoms with Crippen LogP contribution in [0.1, 0.15) is 61.3 Å². The molecule has 1 amide bonds. The number of nitrogens with one attached hydrogen (secondary N) is 1. The molecule has 0 bridgehead atoms. The first kappa shape index (κ1) is 14.8. The van der Waals surface area contributed by atoms with E-state index in [1.807, 2.05) is 6.20 Å². The Bertz CT molecular complexity index is 670. The van der Waals surface area contributed by atoms with E-state index < -0.39 is 0 Å². The highest BCUT2D eigenvalue weighted by Crippen LogP contribution is 2.32. The molecular formula is C17H22N4O. The van der Waals surface area contributed by atoms with Gasteiger partial charge in [-0.3, -0.25) is 14.5 Å². The van der Waals surface area contributed by atoms with E-state index in [1.54, 1.807) is 24.5 Å². The molecule has 2 aromatic heterocycles. The van der Waals surface area contributed by atoms with Gasteiger partial charge in [0.25, 0.3) is 5.91 Å². The molecule has 0 radical (unpaired) electrons. The molecule has 5 heteroatoms. The third kappa shape index (κ3) is 2.75. The highest BCUT2D eigenvalue weighted by Gasteiger charge is 2.29. The summed E-state index contributed by atoms with van der Waals surface area (Å²) in [6.45, 7) is 6.45. The Morgan fingerprint density at radius 1 is 1.36 bits per heavy atom. The summed E-state index contributed by atoms with van der Waals surface area (Å²) in [6.07, 6.45) is 8.21. The van der Waals surface area contributed by atoms with E-state index in [4.69, 9.17) is 0 Å². The van der Waals surface area contributed by atoms with Crippen molar-refractivity contribution in [2.75, 3.05) is 0 Å². The van der Waals surface area contributed by atoms with Crippen molar-refractivity contribution in [1.29, 1.82) is 0 Å². The van der Waals surface area contributed by atoms with E-state index in [2.05, 4.69) is 40.9 Å². The van der Waals surface area contributed by atoms with Crippen LogP contribution in [0.2, 0.25) is 0 Å². The molecule has 2 aromatic rings. The van der Waals surface area contributed by atoms with Gasteiger partial charge in [-0.15, -0.1) is 0 Å². The SMILES string of the molecule is CC(C)(C)n1ncc2c1CCCC2NC(=O)c1cccnc1. The second-order valence-corrected chi connectivity index (χ2v) is 6.79. The second-order valence-electron chi connectivity index (χ2n) is 6.79. The van der Waals surface area contributed by atoms with Crippen LogP contribution in [0.4, 0.5) is 0 Å². The third-order valence-electron chi connectivity index (χ3n) is 4.05. The molecule has 1 N–H and O–H groups in total. The Labute approximate surface area is 130 Å². The van der Waals surface area contributed by atoms with Crippen molar-refractivity contribution in [2.45, 2.75) is 51.6 Å². The second kappa shape index (κ2) is 5.55. The van der Waals surface area contributed by atoms with E-state index in [9.17, 15) is 4.79 Å². The Balaban J connectivity index is 1.84. The summed E-state index contributed by atoms with van der Waals surface area (Å²) in [6, 6.07) is 3.59. The van der Waals surface area contributed by atoms with Gasteiger partial charge in [0.1, 0.15) is 0 Å². The smallest absolute Gasteiger partial charge is 0.253 e. The molecule has 0 saturated heterocycles. The molecule has 0 saturated carbocycles. The molecule has 1 aliphatic carbocycles. The fourth-order valence-corrected chi connectivity index (χ4v) is 3.02. The van der Waals surface area contributed by atoms with Crippen LogP contribution < -0.4 is 5.32 Å². The van der Waals surface area contributed by atoms with Gasteiger partial charge in [-0.25, -0.2) is 0 Å². The lowest BCUT2D eigenvalue weighted by molar-refractivity contribution is 0.0932. The zero-order chi connectivity index (χ0) is 15.7. The molecule has 116 valence electrons. The van der Waals surface area contributed by atoms with Crippen LogP contribution in [-0.2, 0) is 12.0 Å². The normalized spacial score (nSPS) is 17.9. The lowest BCUT2D eigenvalue weighted by Gasteiger charge is -2.28. The van der Waals surface area contributed by atoms with Crippen LogP contribution in [0.5, 0.6) is 0 Å². The number of fused-ring (bicyclic) bond motifs is 1. The summed E-state index contributed by atoms with van der Waals surface area (Å²) in [5.74, 6) is -0.0746. The summed E-state index contributed by atoms with van der Waals surface area (Å²) in [5, 5.41) is 7.68. The number of hydrogen-bond donors (Lipinski definition) is 1. The summed E-state index contributed by atoms with van der Waals surface area (Å²) < 4.78 is 2.09. The topological polar surface area (TPSA) is 59.8 Å². The molecule has 0 spiro atoms. The molecule has 1 atom stereocenters. The first-order valence-corrected chi connectivity index (χ1v) is 7.75. The molecule has 0 aliphatic heterocycles. The van der Waals surface area contributed by atoms with Crippen LogP contribution in [0.3, 0.4) is 0 Å². The quantitative estimate of drug-likeness (QED) is 0.927. The minimum absolute atomic E-state index is 0.0348. The Kier molecular flexibility index (Phi) is 3.72. The van der Waals surface area contributed by atoms with Crippen LogP contribution in [0.25, 0.3) is 0 Å². The van der Waals surface area contributed by atoms with Crippen LogP contribution >= 0.6 is 0 Å². The van der Waals surface area contributed by atoms with Crippen LogP contribution in [0.15, 0.2) is 30.7 Å². The van der Waals surface area contributed by atoms with Gasteiger partial charge in [-0.1, -0.05) is 0 Å². The third-order valence-corrected chi connectivity index (χ3v) is 4.05. The molecule has 0 aromatic carbocycles. The lowest BCUT2D eigenvalue weighted by Crippen LogP contribution is -2.32. The van der Waals surface area contributed by atoms with Crippen LogP contribution in [0, 0.1) is 0 Å². The van der Waals surface area contributed by atoms with Gasteiger partial charge in [0, 0.05) is 23.7 Å². The van der Waals surface area contributed by atoms with Crippen molar-refractivity contribution < 1.29 is 4.79 Å². The average molecular weight is 298 g/mol. The predicted molar refractivity (Wildman–Crippen MR) is 84.6 cm³/mol. The number of rotatable bonds is 2. The number of carbonyl (C=O) groups excluding carboxylic acids is 1. The van der Waals surface area contributed by atoms with Gasteiger partial charge >= 0.3 is 0 Å². The maximum Gasteiger partial charge on any atom is 0.253 e. The summed E-state index contributed by atoms with van der Waals surface area (Å²) >= 11 is 0. The van der Waals surface area contributed by atoms with Crippen molar-refractivity contribution in [1.82, 2.24) is 20.1 Å². The van der Waals surface area contributed by atoms with Crippen molar-refractivity contribution in [2.24, 2.45) is 0 Å². The molecule has 22 heavy (non-hydrogen) atoms. The summed E-state index contributed by atoms with van der Waals surface area (Å²) in [4.78, 5) is 16.4. The van der Waals surface area contributed by atoms with Gasteiger partial charge < -0.3 is 5.32 Å². The monoisotopic (exact) mass is 298 g/mol. The van der Waals surface area contributed by atoms with E-state index in [0.717, 1.165) is 24.8 Å². The highest BCUT2D eigenvalue weighted by molar-refractivity contribution is 5.94. The van der Waals surface area contributed by atoms with Gasteiger partial charge in [-0.2, -0.15) is 5.10 Å². The maximum absolute atomic E-state index is 12.3. The molecular weight excluding hydrogens is 276 g/mol. The van der Waals surface area contributed by atoms with E-state index in [0.29, 0.717) is 5.56 Å². The molecule has 1 unspecified atom stereocenters. The zero-order valence-electron chi connectivity index (χ0n) is 13.3. The predicted octanol–water partition coefficient (Wildman–Crippen LogP) is 2.84. The fraction of sp³-hybridized carbons (Fsp3) is 0.471. The average Bonchev–Trinajstić information content (AvgIpc) is 2.93. The fourth-order valence-electron chi connectivity index (χ4n) is 3.02. The van der Waals surface area contributed by atoms with Gasteiger partial charge in [0.15, 0.2) is 0 Å². The number of carbonyl (C=O) groups is 1. The zero-order valence-corrected chi connectivity index (χ0v) is 13.3. The lowest BCUT2D eigenvalue weighted by atomic mass is 9.92. The Hall–Kier alpha value is -2.17. The highest BCUT2D eigenvalue weighted by atomic mass is 16.1. The van der Waals surface area contributed by atoms with Gasteiger partial charge in [0.05, 0.1) is 23.3 Å². The summed E-state index contributed by atoms with van der Waals surface area (Å²) in [7, 11) is 0. The first-order chi connectivity index (χ1) is 10.5. The molecule has 5 nitrogen and oxygen atoms in total. The molecule has 1 aliphatic rings. The largest absolute Gasteiger partial charge is 0.345 e. The van der Waals surface area contributed by atoms with Crippen molar-refractivity contribution >= 4 is 5.91 Å². The van der Waals surface area contributed by atoms with E-state index >= 15 is 0 Å². The van der Waals surface area contributed by atoms with Gasteiger partial charge in [0.2, 0.25) is 0 Å². The van der Waals surface area contributed by atoms with E-state index in [1.165, 1.54) is 5.69 Å². The first-order valence-electron chi connectivity index (χ1n) is 7.75. The van der Waals surface area contributed by atoms with Crippen molar-refractivity contribution in [3.63, 3.8) is 0 Å². The Morgan fingerprint density at radius 2 is 2.18 bits per heavy atom. The summed E-state index contributed by atoms with van der Waals surface area (Å²) in [5.41, 5.74) is 2.95. The maximum atomic E-state index is 12.3. The minimum atomic E-state index is -0.0746. The standard InChI is InChI=1S/C17H22N4O/c1-17(2,3)21-15-8-4-7-14(13(15)11-19-21)20-16(22)12-6-5-9-18-10-12/h5-6,9-11,14H,4,7-8H2,1-3H3,(H,20,22). The number of pyridine rings is 1. The molecule has 2 heterocycles. The van der Waals surface area contributed by atoms with Gasteiger partial charge in [-0.05, 0) is 52.2 Å². The van der Waals surface area contributed by atoms with Crippen molar-refractivity contribution in [3.8, 4) is 0 Å². The number of nitrogens with zero attached hydrogens (tertiary/aromatic N) is 3. The molecule has 0 fully saturated rings. The van der Waals surface area contributed by atoms with Crippen LogP contribution in [-0.4, -0.2) is 20.7 Å². The number of amides is 1. The molecule has 3 rings (SSSR count). The van der Waals surface area contributed by atoms with E-state index in [-0.39, 0.29) is 17.5 Å². The van der Waals surface area contributed by atoms with Crippen molar-refractivity contribution in [3.05, 3.63) is 47.5 Å².